The molecule has 0 saturated carbocycles. The largest absolute Gasteiger partial charge is 0.397 e. The van der Waals surface area contributed by atoms with Crippen LogP contribution in [0.5, 0.6) is 0 Å². The Hall–Kier alpha value is -1.27. The summed E-state index contributed by atoms with van der Waals surface area (Å²) in [5, 5.41) is 4.28. The maximum Gasteiger partial charge on any atom is 0.265 e. The van der Waals surface area contributed by atoms with Gasteiger partial charge in [-0.3, -0.25) is 4.79 Å². The predicted molar refractivity (Wildman–Crippen MR) is 83.0 cm³/mol. The van der Waals surface area contributed by atoms with Crippen LogP contribution in [0.3, 0.4) is 0 Å². The van der Waals surface area contributed by atoms with Gasteiger partial charge < -0.3 is 20.9 Å². The van der Waals surface area contributed by atoms with E-state index in [4.69, 9.17) is 5.73 Å². The van der Waals surface area contributed by atoms with E-state index in [0.29, 0.717) is 10.6 Å². The van der Waals surface area contributed by atoms with E-state index in [-0.39, 0.29) is 5.91 Å². The van der Waals surface area contributed by atoms with Gasteiger partial charge in [0.25, 0.3) is 5.91 Å². The molecule has 0 spiro atoms. The van der Waals surface area contributed by atoms with Crippen LogP contribution in [0.2, 0.25) is 0 Å². The van der Waals surface area contributed by atoms with Gasteiger partial charge in [0.2, 0.25) is 0 Å². The van der Waals surface area contributed by atoms with Gasteiger partial charge in [-0.15, -0.1) is 11.3 Å². The molecule has 0 aromatic carbocycles. The SMILES string of the molecule is CCN(CC)CCNc1cc(N)c(C(=O)N(C)C)s1. The third-order valence-electron chi connectivity index (χ3n) is 2.98. The van der Waals surface area contributed by atoms with Gasteiger partial charge in [-0.25, -0.2) is 0 Å². The molecule has 108 valence electrons. The summed E-state index contributed by atoms with van der Waals surface area (Å²) in [5.74, 6) is -0.0423. The van der Waals surface area contributed by atoms with Crippen molar-refractivity contribution in [3.8, 4) is 0 Å². The van der Waals surface area contributed by atoms with Crippen LogP contribution in [0, 0.1) is 0 Å². The molecule has 1 amide bonds. The lowest BCUT2D eigenvalue weighted by Crippen LogP contribution is -2.28. The Morgan fingerprint density at radius 3 is 2.53 bits per heavy atom. The number of rotatable bonds is 7. The van der Waals surface area contributed by atoms with Crippen LogP contribution in [0.25, 0.3) is 0 Å². The first-order chi connectivity index (χ1) is 8.99. The fourth-order valence-electron chi connectivity index (χ4n) is 1.74. The van der Waals surface area contributed by atoms with Gasteiger partial charge in [0.1, 0.15) is 4.88 Å². The fourth-order valence-corrected chi connectivity index (χ4v) is 2.77. The number of amides is 1. The maximum atomic E-state index is 11.9. The number of hydrogen-bond acceptors (Lipinski definition) is 5. The molecule has 0 unspecified atom stereocenters. The summed E-state index contributed by atoms with van der Waals surface area (Å²) in [6.45, 7) is 8.25. The lowest BCUT2D eigenvalue weighted by atomic mass is 10.3. The Bertz CT molecular complexity index is 413. The smallest absolute Gasteiger partial charge is 0.265 e. The molecule has 0 aliphatic heterocycles. The summed E-state index contributed by atoms with van der Waals surface area (Å²) >= 11 is 1.42. The number of nitrogens with one attached hydrogen (secondary N) is 1. The Balaban J connectivity index is 2.57. The van der Waals surface area contributed by atoms with Gasteiger partial charge in [-0.05, 0) is 19.2 Å². The van der Waals surface area contributed by atoms with Gasteiger partial charge in [-0.2, -0.15) is 0 Å². The first kappa shape index (κ1) is 15.8. The number of likely N-dealkylation sites (N-methyl/N-ethyl adjacent to an activating group) is 1. The van der Waals surface area contributed by atoms with E-state index < -0.39 is 0 Å². The zero-order valence-corrected chi connectivity index (χ0v) is 13.0. The summed E-state index contributed by atoms with van der Waals surface area (Å²) in [5.41, 5.74) is 6.43. The topological polar surface area (TPSA) is 61.6 Å². The van der Waals surface area contributed by atoms with Crippen molar-refractivity contribution in [2.45, 2.75) is 13.8 Å². The van der Waals surface area contributed by atoms with Crippen LogP contribution < -0.4 is 11.1 Å². The quantitative estimate of drug-likeness (QED) is 0.801. The standard InChI is InChI=1S/C13H24N4OS/c1-5-17(6-2)8-7-15-11-9-10(14)12(19-11)13(18)16(3)4/h9,15H,5-8,14H2,1-4H3. The number of nitrogen functional groups attached to an aromatic ring is 1. The minimum Gasteiger partial charge on any atom is -0.397 e. The average Bonchev–Trinajstić information content (AvgIpc) is 2.74. The van der Waals surface area contributed by atoms with E-state index in [1.54, 1.807) is 19.0 Å². The lowest BCUT2D eigenvalue weighted by Gasteiger charge is -2.17. The third kappa shape index (κ3) is 4.40. The molecule has 0 bridgehead atoms. The predicted octanol–water partition coefficient (Wildman–Crippen LogP) is 1.79. The average molecular weight is 284 g/mol. The van der Waals surface area contributed by atoms with Crippen LogP contribution in [0.4, 0.5) is 10.7 Å². The number of hydrogen-bond donors (Lipinski definition) is 2. The number of thiophene rings is 1. The van der Waals surface area contributed by atoms with Crippen molar-refractivity contribution in [2.24, 2.45) is 0 Å². The fraction of sp³-hybridized carbons (Fsp3) is 0.615. The molecule has 3 N–H and O–H groups in total. The normalized spacial score (nSPS) is 10.8. The number of anilines is 2. The molecule has 0 fully saturated rings. The summed E-state index contributed by atoms with van der Waals surface area (Å²) in [6.07, 6.45) is 0. The number of carbonyl (C=O) groups is 1. The van der Waals surface area contributed by atoms with Crippen molar-refractivity contribution >= 4 is 27.9 Å². The van der Waals surface area contributed by atoms with Gasteiger partial charge in [0.15, 0.2) is 0 Å². The first-order valence-corrected chi connectivity index (χ1v) is 7.38. The highest BCUT2D eigenvalue weighted by Gasteiger charge is 2.15. The van der Waals surface area contributed by atoms with Crippen LogP contribution >= 0.6 is 11.3 Å². The first-order valence-electron chi connectivity index (χ1n) is 6.56. The summed E-state index contributed by atoms with van der Waals surface area (Å²) in [7, 11) is 3.46. The van der Waals surface area contributed by atoms with E-state index in [2.05, 4.69) is 24.1 Å². The minimum absolute atomic E-state index is 0.0423. The molecule has 19 heavy (non-hydrogen) atoms. The van der Waals surface area contributed by atoms with Crippen molar-refractivity contribution in [1.29, 1.82) is 0 Å². The second-order valence-electron chi connectivity index (χ2n) is 4.55. The van der Waals surface area contributed by atoms with E-state index in [0.717, 1.165) is 31.2 Å². The van der Waals surface area contributed by atoms with E-state index in [1.165, 1.54) is 11.3 Å². The monoisotopic (exact) mass is 284 g/mol. The van der Waals surface area contributed by atoms with Gasteiger partial charge >= 0.3 is 0 Å². The summed E-state index contributed by atoms with van der Waals surface area (Å²) in [4.78, 5) is 16.4. The Morgan fingerprint density at radius 2 is 2.00 bits per heavy atom. The molecule has 0 saturated heterocycles. The lowest BCUT2D eigenvalue weighted by molar-refractivity contribution is 0.0833. The highest BCUT2D eigenvalue weighted by atomic mass is 32.1. The van der Waals surface area contributed by atoms with Crippen molar-refractivity contribution in [1.82, 2.24) is 9.80 Å². The van der Waals surface area contributed by atoms with Crippen LogP contribution in [0.15, 0.2) is 6.07 Å². The molecule has 1 heterocycles. The van der Waals surface area contributed by atoms with Crippen LogP contribution in [-0.2, 0) is 0 Å². The second-order valence-corrected chi connectivity index (χ2v) is 5.60. The van der Waals surface area contributed by atoms with Crippen molar-refractivity contribution in [3.63, 3.8) is 0 Å². The summed E-state index contributed by atoms with van der Waals surface area (Å²) in [6, 6.07) is 1.84. The molecular formula is C13H24N4OS. The Kier molecular flexibility index (Phi) is 6.11. The Labute approximate surface area is 119 Å². The highest BCUT2D eigenvalue weighted by molar-refractivity contribution is 7.18. The highest BCUT2D eigenvalue weighted by Crippen LogP contribution is 2.29. The molecule has 0 aliphatic rings. The number of nitrogens with zero attached hydrogens (tertiary/aromatic N) is 2. The molecular weight excluding hydrogens is 260 g/mol. The third-order valence-corrected chi connectivity index (χ3v) is 4.08. The number of carbonyl (C=O) groups excluding carboxylic acids is 1. The van der Waals surface area contributed by atoms with Gasteiger partial charge in [0.05, 0.1) is 10.7 Å². The molecule has 0 atom stereocenters. The van der Waals surface area contributed by atoms with E-state index >= 15 is 0 Å². The second kappa shape index (κ2) is 7.35. The minimum atomic E-state index is -0.0423. The van der Waals surface area contributed by atoms with Crippen LogP contribution in [-0.4, -0.2) is 56.0 Å². The van der Waals surface area contributed by atoms with E-state index in [1.807, 2.05) is 6.07 Å². The molecule has 0 aliphatic carbocycles. The molecule has 0 radical (unpaired) electrons. The zero-order valence-electron chi connectivity index (χ0n) is 12.2. The number of nitrogens with two attached hydrogens (primary N) is 1. The van der Waals surface area contributed by atoms with E-state index in [9.17, 15) is 4.79 Å². The summed E-state index contributed by atoms with van der Waals surface area (Å²) < 4.78 is 0. The Morgan fingerprint density at radius 1 is 1.37 bits per heavy atom. The van der Waals surface area contributed by atoms with Crippen molar-refractivity contribution < 1.29 is 4.79 Å². The zero-order chi connectivity index (χ0) is 14.4. The molecule has 1 aromatic rings. The van der Waals surface area contributed by atoms with Crippen molar-refractivity contribution in [2.75, 3.05) is 51.3 Å². The maximum absolute atomic E-state index is 11.9. The molecule has 5 nitrogen and oxygen atoms in total. The van der Waals surface area contributed by atoms with Gasteiger partial charge in [0, 0.05) is 27.2 Å². The molecule has 1 rings (SSSR count). The van der Waals surface area contributed by atoms with Crippen LogP contribution in [0.1, 0.15) is 23.5 Å². The van der Waals surface area contributed by atoms with Gasteiger partial charge in [-0.1, -0.05) is 13.8 Å². The van der Waals surface area contributed by atoms with Crippen molar-refractivity contribution in [3.05, 3.63) is 10.9 Å². The molecule has 6 heteroatoms. The molecule has 1 aromatic heterocycles.